The van der Waals surface area contributed by atoms with Gasteiger partial charge in [0.15, 0.2) is 0 Å². The number of nitrogens with zero attached hydrogens (tertiary/aromatic N) is 2. The zero-order chi connectivity index (χ0) is 38.2. The number of rotatable bonds is 7. The van der Waals surface area contributed by atoms with Gasteiger partial charge >= 0.3 is 0 Å². The smallest absolute Gasteiger partial charge is 0.0702 e. The first-order valence-electron chi connectivity index (χ1n) is 21.4. The van der Waals surface area contributed by atoms with Gasteiger partial charge in [0.1, 0.15) is 0 Å². The molecular formula is C56H46N2. The second-order valence-electron chi connectivity index (χ2n) is 17.6. The highest BCUT2D eigenvalue weighted by molar-refractivity contribution is 6.10. The van der Waals surface area contributed by atoms with E-state index in [1.807, 2.05) is 0 Å². The van der Waals surface area contributed by atoms with Crippen LogP contribution in [0, 0.1) is 17.8 Å². The molecule has 0 spiro atoms. The molecule has 0 N–H and O–H groups in total. The molecule has 4 saturated carbocycles. The Labute approximate surface area is 341 Å². The predicted octanol–water partition coefficient (Wildman–Crippen LogP) is 15.2. The van der Waals surface area contributed by atoms with Crippen LogP contribution in [-0.4, -0.2) is 4.57 Å². The molecule has 4 aliphatic carbocycles. The van der Waals surface area contributed by atoms with Crippen LogP contribution in [0.2, 0.25) is 0 Å². The summed E-state index contributed by atoms with van der Waals surface area (Å²) < 4.78 is 2.46. The molecule has 2 heteroatoms. The molecule has 9 aromatic rings. The normalized spacial score (nSPS) is 20.9. The number of fused-ring (bicyclic) bond motifs is 4. The van der Waals surface area contributed by atoms with Crippen molar-refractivity contribution < 1.29 is 0 Å². The van der Waals surface area contributed by atoms with Gasteiger partial charge in [0, 0.05) is 22.1 Å². The van der Waals surface area contributed by atoms with E-state index in [4.69, 9.17) is 0 Å². The zero-order valence-electron chi connectivity index (χ0n) is 32.8. The summed E-state index contributed by atoms with van der Waals surface area (Å²) in [6, 6.07) is 70.0. The summed E-state index contributed by atoms with van der Waals surface area (Å²) in [5.41, 5.74) is 14.0. The highest BCUT2D eigenvalue weighted by atomic mass is 15.2. The van der Waals surface area contributed by atoms with E-state index < -0.39 is 0 Å². The fraction of sp³-hybridized carbons (Fsp3) is 0.179. The van der Waals surface area contributed by atoms with Gasteiger partial charge in [-0.05, 0) is 149 Å². The maximum Gasteiger partial charge on any atom is 0.0702 e. The van der Waals surface area contributed by atoms with Crippen molar-refractivity contribution >= 4 is 49.6 Å². The van der Waals surface area contributed by atoms with Gasteiger partial charge in [-0.1, -0.05) is 140 Å². The fourth-order valence-corrected chi connectivity index (χ4v) is 12.1. The first-order chi connectivity index (χ1) is 28.7. The molecule has 0 unspecified atom stereocenters. The van der Waals surface area contributed by atoms with Crippen LogP contribution < -0.4 is 4.90 Å². The largest absolute Gasteiger partial charge is 0.308 e. The summed E-state index contributed by atoms with van der Waals surface area (Å²) in [5, 5.41) is 5.09. The molecule has 4 fully saturated rings. The molecule has 4 bridgehead atoms. The minimum absolute atomic E-state index is 0.359. The third-order valence-corrected chi connectivity index (χ3v) is 14.1. The first kappa shape index (κ1) is 33.7. The second kappa shape index (κ2) is 13.4. The maximum atomic E-state index is 2.49. The standard InChI is InChI=1S/C56H46N2/c1-2-12-41(13-3-1)47-18-10-14-43-15-11-19-48(55(43)47)42-24-28-45(29-25-42)57(46-30-26-44(27-31-46)56-35-38-32-39(36-56)34-40(33-38)37-56)53-22-8-9-23-54(53)58-51-20-6-4-16-49(51)50-17-5-7-21-52(50)58/h1-31,38-40H,32-37H2. The van der Waals surface area contributed by atoms with Gasteiger partial charge in [0.25, 0.3) is 0 Å². The van der Waals surface area contributed by atoms with E-state index in [0.29, 0.717) is 5.41 Å². The van der Waals surface area contributed by atoms with Crippen molar-refractivity contribution in [3.63, 3.8) is 0 Å². The fourth-order valence-electron chi connectivity index (χ4n) is 12.1. The number of hydrogen-bond acceptors (Lipinski definition) is 1. The van der Waals surface area contributed by atoms with E-state index in [0.717, 1.165) is 34.8 Å². The molecule has 13 rings (SSSR count). The molecule has 8 aromatic carbocycles. The van der Waals surface area contributed by atoms with Crippen LogP contribution in [0.15, 0.2) is 188 Å². The Morgan fingerprint density at radius 3 is 1.53 bits per heavy atom. The topological polar surface area (TPSA) is 8.17 Å². The van der Waals surface area contributed by atoms with Gasteiger partial charge in [0.2, 0.25) is 0 Å². The summed E-state index contributed by atoms with van der Waals surface area (Å²) in [6.07, 6.45) is 8.52. The highest BCUT2D eigenvalue weighted by Crippen LogP contribution is 2.61. The minimum Gasteiger partial charge on any atom is -0.308 e. The Bertz CT molecular complexity index is 2880. The average Bonchev–Trinajstić information content (AvgIpc) is 3.61. The van der Waals surface area contributed by atoms with E-state index in [1.165, 1.54) is 99.0 Å². The lowest BCUT2D eigenvalue weighted by Crippen LogP contribution is -2.48. The second-order valence-corrected chi connectivity index (χ2v) is 17.6. The predicted molar refractivity (Wildman–Crippen MR) is 244 cm³/mol. The number of aromatic nitrogens is 1. The third-order valence-electron chi connectivity index (χ3n) is 14.1. The lowest BCUT2D eigenvalue weighted by atomic mass is 9.48. The molecule has 1 aromatic heterocycles. The van der Waals surface area contributed by atoms with E-state index in [-0.39, 0.29) is 0 Å². The molecule has 0 radical (unpaired) electrons. The van der Waals surface area contributed by atoms with E-state index in [1.54, 1.807) is 5.56 Å². The summed E-state index contributed by atoms with van der Waals surface area (Å²) in [7, 11) is 0. The summed E-state index contributed by atoms with van der Waals surface area (Å²) >= 11 is 0. The minimum atomic E-state index is 0.359. The molecule has 2 nitrogen and oxygen atoms in total. The Balaban J connectivity index is 1.02. The molecule has 0 amide bonds. The van der Waals surface area contributed by atoms with Gasteiger partial charge in [-0.15, -0.1) is 0 Å². The van der Waals surface area contributed by atoms with Crippen molar-refractivity contribution in [3.05, 3.63) is 194 Å². The Kier molecular flexibility index (Phi) is 7.76. The van der Waals surface area contributed by atoms with Crippen LogP contribution in [0.25, 0.3) is 60.5 Å². The monoisotopic (exact) mass is 746 g/mol. The molecule has 0 atom stereocenters. The molecule has 58 heavy (non-hydrogen) atoms. The first-order valence-corrected chi connectivity index (χ1v) is 21.4. The number of anilines is 3. The Morgan fingerprint density at radius 2 is 0.931 bits per heavy atom. The van der Waals surface area contributed by atoms with Crippen molar-refractivity contribution in [2.75, 3.05) is 4.90 Å². The highest BCUT2D eigenvalue weighted by Gasteiger charge is 2.51. The number of benzene rings is 8. The van der Waals surface area contributed by atoms with Crippen LogP contribution >= 0.6 is 0 Å². The van der Waals surface area contributed by atoms with Gasteiger partial charge in [-0.2, -0.15) is 0 Å². The van der Waals surface area contributed by atoms with Gasteiger partial charge in [-0.25, -0.2) is 0 Å². The zero-order valence-corrected chi connectivity index (χ0v) is 32.8. The number of para-hydroxylation sites is 4. The van der Waals surface area contributed by atoms with Gasteiger partial charge < -0.3 is 9.47 Å². The van der Waals surface area contributed by atoms with Crippen LogP contribution in [0.5, 0.6) is 0 Å². The van der Waals surface area contributed by atoms with Crippen molar-refractivity contribution in [2.45, 2.75) is 43.9 Å². The van der Waals surface area contributed by atoms with E-state index in [2.05, 4.69) is 198 Å². The Hall–Kier alpha value is -6.38. The molecule has 280 valence electrons. The van der Waals surface area contributed by atoms with Crippen molar-refractivity contribution in [3.8, 4) is 27.9 Å². The summed E-state index contributed by atoms with van der Waals surface area (Å²) in [6.45, 7) is 0. The molecular weight excluding hydrogens is 701 g/mol. The lowest BCUT2D eigenvalue weighted by molar-refractivity contribution is -0.00518. The van der Waals surface area contributed by atoms with Crippen molar-refractivity contribution in [1.29, 1.82) is 0 Å². The Morgan fingerprint density at radius 1 is 0.431 bits per heavy atom. The molecule has 4 aliphatic rings. The summed E-state index contributed by atoms with van der Waals surface area (Å²) in [5.74, 6) is 2.76. The van der Waals surface area contributed by atoms with Crippen LogP contribution in [0.3, 0.4) is 0 Å². The van der Waals surface area contributed by atoms with Gasteiger partial charge in [-0.3, -0.25) is 0 Å². The van der Waals surface area contributed by atoms with Crippen LogP contribution in [0.1, 0.15) is 44.1 Å². The summed E-state index contributed by atoms with van der Waals surface area (Å²) in [4.78, 5) is 2.49. The SMILES string of the molecule is c1ccc(-c2cccc3cccc(-c4ccc(N(c5ccc(C67CC8CC(CC(C8)C6)C7)cc5)c5ccccc5-n5c6ccccc6c6ccccc65)cc4)c23)cc1. The number of hydrogen-bond donors (Lipinski definition) is 0. The van der Waals surface area contributed by atoms with E-state index >= 15 is 0 Å². The van der Waals surface area contributed by atoms with Crippen molar-refractivity contribution in [1.82, 2.24) is 4.57 Å². The van der Waals surface area contributed by atoms with Gasteiger partial charge in [0.05, 0.1) is 22.4 Å². The van der Waals surface area contributed by atoms with Crippen LogP contribution in [-0.2, 0) is 5.41 Å². The van der Waals surface area contributed by atoms with Crippen LogP contribution in [0.4, 0.5) is 17.1 Å². The quantitative estimate of drug-likeness (QED) is 0.158. The van der Waals surface area contributed by atoms with E-state index in [9.17, 15) is 0 Å². The third kappa shape index (κ3) is 5.38. The maximum absolute atomic E-state index is 2.49. The average molecular weight is 747 g/mol. The molecule has 1 heterocycles. The molecule has 0 saturated heterocycles. The lowest BCUT2D eigenvalue weighted by Gasteiger charge is -2.57. The molecule has 0 aliphatic heterocycles. The van der Waals surface area contributed by atoms with Crippen molar-refractivity contribution in [2.24, 2.45) is 17.8 Å².